The molecular formula is C8H15N. The molecule has 2 unspecified atom stereocenters. The number of hydrogen-bond acceptors (Lipinski definition) is 1. The molecule has 1 aliphatic heterocycles. The van der Waals surface area contributed by atoms with Gasteiger partial charge in [0.1, 0.15) is 0 Å². The molecule has 1 rings (SSSR count). The van der Waals surface area contributed by atoms with E-state index in [0.717, 1.165) is 5.92 Å². The van der Waals surface area contributed by atoms with Gasteiger partial charge in [-0.05, 0) is 32.6 Å². The number of nitrogens with zero attached hydrogens (tertiary/aromatic N) is 1. The van der Waals surface area contributed by atoms with Crippen LogP contribution in [-0.4, -0.2) is 11.8 Å². The average molecular weight is 125 g/mol. The van der Waals surface area contributed by atoms with E-state index in [2.05, 4.69) is 25.8 Å². The Morgan fingerprint density at radius 2 is 2.33 bits per heavy atom. The van der Waals surface area contributed by atoms with Crippen LogP contribution in [0.5, 0.6) is 0 Å². The molecule has 0 saturated heterocycles. The third kappa shape index (κ3) is 1.32. The molecule has 0 aromatic carbocycles. The first-order chi connectivity index (χ1) is 4.24. The SMILES string of the molecule is CCC1CC(C)N=C1C. The van der Waals surface area contributed by atoms with Crippen molar-refractivity contribution >= 4 is 5.71 Å². The monoisotopic (exact) mass is 125 g/mol. The summed E-state index contributed by atoms with van der Waals surface area (Å²) in [5.41, 5.74) is 1.37. The van der Waals surface area contributed by atoms with E-state index in [4.69, 9.17) is 0 Å². The van der Waals surface area contributed by atoms with Crippen molar-refractivity contribution < 1.29 is 0 Å². The summed E-state index contributed by atoms with van der Waals surface area (Å²) in [6.07, 6.45) is 2.54. The van der Waals surface area contributed by atoms with Crippen LogP contribution in [0.1, 0.15) is 33.6 Å². The lowest BCUT2D eigenvalue weighted by Gasteiger charge is -2.04. The van der Waals surface area contributed by atoms with Crippen LogP contribution in [-0.2, 0) is 0 Å². The molecule has 0 amide bonds. The first kappa shape index (κ1) is 6.79. The molecule has 1 heterocycles. The fourth-order valence-electron chi connectivity index (χ4n) is 1.55. The second-order valence-corrected chi connectivity index (χ2v) is 2.96. The molecule has 0 aliphatic carbocycles. The van der Waals surface area contributed by atoms with Crippen LogP contribution >= 0.6 is 0 Å². The molecule has 1 nitrogen and oxygen atoms in total. The molecule has 0 bridgehead atoms. The number of rotatable bonds is 1. The van der Waals surface area contributed by atoms with Crippen molar-refractivity contribution in [2.45, 2.75) is 39.7 Å². The van der Waals surface area contributed by atoms with Crippen LogP contribution < -0.4 is 0 Å². The van der Waals surface area contributed by atoms with Crippen molar-refractivity contribution in [1.29, 1.82) is 0 Å². The van der Waals surface area contributed by atoms with Crippen LogP contribution in [0.15, 0.2) is 4.99 Å². The fraction of sp³-hybridized carbons (Fsp3) is 0.875. The highest BCUT2D eigenvalue weighted by atomic mass is 14.8. The molecule has 0 radical (unpaired) electrons. The summed E-state index contributed by atoms with van der Waals surface area (Å²) < 4.78 is 0. The van der Waals surface area contributed by atoms with Crippen molar-refractivity contribution in [2.24, 2.45) is 10.9 Å². The van der Waals surface area contributed by atoms with Crippen LogP contribution in [0, 0.1) is 5.92 Å². The van der Waals surface area contributed by atoms with Gasteiger partial charge in [0, 0.05) is 11.8 Å². The van der Waals surface area contributed by atoms with Gasteiger partial charge in [-0.3, -0.25) is 4.99 Å². The van der Waals surface area contributed by atoms with Crippen molar-refractivity contribution in [2.75, 3.05) is 0 Å². The predicted octanol–water partition coefficient (Wildman–Crippen LogP) is 2.27. The molecule has 2 atom stereocenters. The minimum atomic E-state index is 0.593. The van der Waals surface area contributed by atoms with E-state index in [-0.39, 0.29) is 0 Å². The minimum absolute atomic E-state index is 0.593. The van der Waals surface area contributed by atoms with Crippen molar-refractivity contribution in [3.63, 3.8) is 0 Å². The third-order valence-electron chi connectivity index (χ3n) is 2.13. The summed E-state index contributed by atoms with van der Waals surface area (Å²) in [5, 5.41) is 0. The van der Waals surface area contributed by atoms with Crippen LogP contribution in [0.4, 0.5) is 0 Å². The van der Waals surface area contributed by atoms with E-state index in [9.17, 15) is 0 Å². The summed E-state index contributed by atoms with van der Waals surface area (Å²) >= 11 is 0. The Bertz CT molecular complexity index is 127. The summed E-state index contributed by atoms with van der Waals surface area (Å²) in [4.78, 5) is 4.46. The molecule has 0 saturated carbocycles. The van der Waals surface area contributed by atoms with Gasteiger partial charge < -0.3 is 0 Å². The van der Waals surface area contributed by atoms with Gasteiger partial charge in [0.05, 0.1) is 0 Å². The zero-order valence-corrected chi connectivity index (χ0v) is 6.52. The predicted molar refractivity (Wildman–Crippen MR) is 41.0 cm³/mol. The van der Waals surface area contributed by atoms with Crippen LogP contribution in [0.3, 0.4) is 0 Å². The highest BCUT2D eigenvalue weighted by Crippen LogP contribution is 2.22. The highest BCUT2D eigenvalue weighted by Gasteiger charge is 2.19. The van der Waals surface area contributed by atoms with E-state index in [0.29, 0.717) is 6.04 Å². The van der Waals surface area contributed by atoms with Gasteiger partial charge >= 0.3 is 0 Å². The summed E-state index contributed by atoms with van der Waals surface area (Å²) in [6.45, 7) is 6.58. The Labute approximate surface area is 57.2 Å². The fourth-order valence-corrected chi connectivity index (χ4v) is 1.55. The van der Waals surface area contributed by atoms with E-state index in [1.807, 2.05) is 0 Å². The normalized spacial score (nSPS) is 34.8. The molecule has 0 spiro atoms. The first-order valence-corrected chi connectivity index (χ1v) is 3.78. The lowest BCUT2D eigenvalue weighted by atomic mass is 9.98. The molecule has 9 heavy (non-hydrogen) atoms. The molecule has 52 valence electrons. The Morgan fingerprint density at radius 3 is 2.56 bits per heavy atom. The largest absolute Gasteiger partial charge is 0.291 e. The maximum Gasteiger partial charge on any atom is 0.0477 e. The highest BCUT2D eigenvalue weighted by molar-refractivity contribution is 5.86. The number of hydrogen-bond donors (Lipinski definition) is 0. The molecule has 0 fully saturated rings. The Balaban J connectivity index is 2.53. The van der Waals surface area contributed by atoms with Gasteiger partial charge in [0.15, 0.2) is 0 Å². The smallest absolute Gasteiger partial charge is 0.0477 e. The second kappa shape index (κ2) is 2.51. The van der Waals surface area contributed by atoms with E-state index in [1.165, 1.54) is 18.6 Å². The maximum absolute atomic E-state index is 4.46. The van der Waals surface area contributed by atoms with Crippen molar-refractivity contribution in [1.82, 2.24) is 0 Å². The quantitative estimate of drug-likeness (QED) is 0.509. The van der Waals surface area contributed by atoms with E-state index in [1.54, 1.807) is 0 Å². The molecular weight excluding hydrogens is 110 g/mol. The molecule has 1 heteroatoms. The van der Waals surface area contributed by atoms with E-state index < -0.39 is 0 Å². The molecule has 0 aromatic heterocycles. The molecule has 0 aromatic rings. The number of aliphatic imine (C=N–C) groups is 1. The Hall–Kier alpha value is -0.330. The van der Waals surface area contributed by atoms with Gasteiger partial charge in [0.2, 0.25) is 0 Å². The average Bonchev–Trinajstić information content (AvgIpc) is 2.10. The summed E-state index contributed by atoms with van der Waals surface area (Å²) in [5.74, 6) is 0.792. The summed E-state index contributed by atoms with van der Waals surface area (Å²) in [7, 11) is 0. The maximum atomic E-state index is 4.46. The van der Waals surface area contributed by atoms with Gasteiger partial charge in [-0.25, -0.2) is 0 Å². The zero-order chi connectivity index (χ0) is 6.85. The van der Waals surface area contributed by atoms with E-state index >= 15 is 0 Å². The van der Waals surface area contributed by atoms with Gasteiger partial charge in [-0.15, -0.1) is 0 Å². The summed E-state index contributed by atoms with van der Waals surface area (Å²) in [6, 6.07) is 0.593. The topological polar surface area (TPSA) is 12.4 Å². The van der Waals surface area contributed by atoms with Gasteiger partial charge in [0.25, 0.3) is 0 Å². The van der Waals surface area contributed by atoms with Crippen molar-refractivity contribution in [3.05, 3.63) is 0 Å². The van der Waals surface area contributed by atoms with Crippen LogP contribution in [0.25, 0.3) is 0 Å². The standard InChI is InChI=1S/C8H15N/c1-4-8-5-6(2)9-7(8)3/h6,8H,4-5H2,1-3H3. The first-order valence-electron chi connectivity index (χ1n) is 3.78. The Kier molecular flexibility index (Phi) is 1.89. The lowest BCUT2D eigenvalue weighted by molar-refractivity contribution is 0.587. The van der Waals surface area contributed by atoms with Crippen LogP contribution in [0.2, 0.25) is 0 Å². The zero-order valence-electron chi connectivity index (χ0n) is 6.52. The van der Waals surface area contributed by atoms with Crippen molar-refractivity contribution in [3.8, 4) is 0 Å². The second-order valence-electron chi connectivity index (χ2n) is 2.96. The van der Waals surface area contributed by atoms with Gasteiger partial charge in [-0.2, -0.15) is 0 Å². The minimum Gasteiger partial charge on any atom is -0.291 e. The molecule has 0 N–H and O–H groups in total. The molecule has 1 aliphatic rings. The lowest BCUT2D eigenvalue weighted by Crippen LogP contribution is -2.04. The third-order valence-corrected chi connectivity index (χ3v) is 2.13. The Morgan fingerprint density at radius 1 is 1.67 bits per heavy atom. The van der Waals surface area contributed by atoms with Gasteiger partial charge in [-0.1, -0.05) is 6.92 Å².